The van der Waals surface area contributed by atoms with Crippen molar-refractivity contribution < 1.29 is 9.90 Å². The normalized spacial score (nSPS) is 11.9. The molecule has 1 heterocycles. The Balaban J connectivity index is 1.81. The van der Waals surface area contributed by atoms with Crippen LogP contribution >= 0.6 is 11.6 Å². The van der Waals surface area contributed by atoms with Crippen LogP contribution < -0.4 is 0 Å². The standard InChI is InChI=1S/C26H22ClN3O2/c1-2-19(25-29-23-9-5-8-22(26(31)32)24(23)30-25)16-10-11-21(17(14-16)12-13-27)20-7-4-3-6-18(20)15-28/h3-11,14,19H,2,12-13H2,1H3,(H,29,30)(H,31,32). The van der Waals surface area contributed by atoms with Gasteiger partial charge in [-0.3, -0.25) is 0 Å². The number of nitriles is 1. The van der Waals surface area contributed by atoms with Crippen LogP contribution in [0.4, 0.5) is 0 Å². The summed E-state index contributed by atoms with van der Waals surface area (Å²) in [6.45, 7) is 2.08. The molecule has 4 rings (SSSR count). The summed E-state index contributed by atoms with van der Waals surface area (Å²) >= 11 is 6.11. The molecule has 0 aliphatic heterocycles. The second-order valence-electron chi connectivity index (χ2n) is 7.60. The van der Waals surface area contributed by atoms with E-state index >= 15 is 0 Å². The van der Waals surface area contributed by atoms with Gasteiger partial charge in [-0.05, 0) is 53.3 Å². The number of nitrogens with zero attached hydrogens (tertiary/aromatic N) is 2. The summed E-state index contributed by atoms with van der Waals surface area (Å²) in [6, 6.07) is 21.2. The molecular weight excluding hydrogens is 422 g/mol. The average Bonchev–Trinajstić information content (AvgIpc) is 3.23. The van der Waals surface area contributed by atoms with E-state index in [0.717, 1.165) is 34.5 Å². The van der Waals surface area contributed by atoms with Gasteiger partial charge in [-0.25, -0.2) is 9.78 Å². The molecule has 1 unspecified atom stereocenters. The molecule has 160 valence electrons. The minimum atomic E-state index is -0.994. The van der Waals surface area contributed by atoms with Gasteiger partial charge in [0.05, 0.1) is 22.7 Å². The molecule has 0 aliphatic carbocycles. The molecule has 0 spiro atoms. The van der Waals surface area contributed by atoms with E-state index in [4.69, 9.17) is 11.6 Å². The van der Waals surface area contributed by atoms with Crippen molar-refractivity contribution >= 4 is 28.6 Å². The van der Waals surface area contributed by atoms with Crippen LogP contribution in [0.25, 0.3) is 22.2 Å². The van der Waals surface area contributed by atoms with Crippen LogP contribution in [0.2, 0.25) is 0 Å². The SMILES string of the molecule is CCC(c1ccc(-c2ccccc2C#N)c(CCCl)c1)c1nc2c(C(=O)O)cccc2[nH]1. The highest BCUT2D eigenvalue weighted by molar-refractivity contribution is 6.18. The number of halogens is 1. The van der Waals surface area contributed by atoms with Crippen molar-refractivity contribution in [1.29, 1.82) is 5.26 Å². The maximum atomic E-state index is 11.6. The molecule has 0 fully saturated rings. The number of alkyl halides is 1. The molecule has 2 N–H and O–H groups in total. The monoisotopic (exact) mass is 443 g/mol. The summed E-state index contributed by atoms with van der Waals surface area (Å²) in [4.78, 5) is 19.6. The van der Waals surface area contributed by atoms with E-state index in [1.54, 1.807) is 12.1 Å². The van der Waals surface area contributed by atoms with Gasteiger partial charge in [0, 0.05) is 11.8 Å². The van der Waals surface area contributed by atoms with Crippen LogP contribution in [0.3, 0.4) is 0 Å². The number of rotatable bonds is 7. The Morgan fingerprint density at radius 1 is 1.16 bits per heavy atom. The van der Waals surface area contributed by atoms with Crippen LogP contribution in [0.5, 0.6) is 0 Å². The molecule has 0 saturated heterocycles. The lowest BCUT2D eigenvalue weighted by atomic mass is 9.88. The van der Waals surface area contributed by atoms with Crippen molar-refractivity contribution in [1.82, 2.24) is 9.97 Å². The largest absolute Gasteiger partial charge is 0.478 e. The number of hydrogen-bond acceptors (Lipinski definition) is 3. The van der Waals surface area contributed by atoms with Gasteiger partial charge < -0.3 is 10.1 Å². The van der Waals surface area contributed by atoms with Crippen molar-refractivity contribution in [3.8, 4) is 17.2 Å². The van der Waals surface area contributed by atoms with Crippen LogP contribution in [0.1, 0.15) is 52.1 Å². The highest BCUT2D eigenvalue weighted by atomic mass is 35.5. The number of carboxylic acids is 1. The van der Waals surface area contributed by atoms with E-state index < -0.39 is 5.97 Å². The Morgan fingerprint density at radius 2 is 1.97 bits per heavy atom. The third kappa shape index (κ3) is 3.98. The highest BCUT2D eigenvalue weighted by Crippen LogP contribution is 2.34. The minimum absolute atomic E-state index is 0.0293. The number of fused-ring (bicyclic) bond motifs is 1. The molecule has 0 amide bonds. The van der Waals surface area contributed by atoms with Gasteiger partial charge in [-0.1, -0.05) is 49.4 Å². The van der Waals surface area contributed by atoms with Gasteiger partial charge >= 0.3 is 5.97 Å². The smallest absolute Gasteiger partial charge is 0.337 e. The predicted octanol–water partition coefficient (Wildman–Crippen LogP) is 6.12. The lowest BCUT2D eigenvalue weighted by Gasteiger charge is -2.17. The summed E-state index contributed by atoms with van der Waals surface area (Å²) in [5, 5.41) is 19.0. The molecule has 5 nitrogen and oxygen atoms in total. The molecule has 0 radical (unpaired) electrons. The summed E-state index contributed by atoms with van der Waals surface area (Å²) in [6.07, 6.45) is 1.46. The topological polar surface area (TPSA) is 89.8 Å². The number of hydrogen-bond donors (Lipinski definition) is 2. The minimum Gasteiger partial charge on any atom is -0.478 e. The second-order valence-corrected chi connectivity index (χ2v) is 7.98. The molecule has 32 heavy (non-hydrogen) atoms. The van der Waals surface area contributed by atoms with E-state index in [1.807, 2.05) is 36.4 Å². The molecule has 3 aromatic carbocycles. The van der Waals surface area contributed by atoms with Crippen LogP contribution in [0, 0.1) is 11.3 Å². The molecular formula is C26H22ClN3O2. The van der Waals surface area contributed by atoms with Gasteiger partial charge in [0.1, 0.15) is 11.3 Å². The first-order valence-electron chi connectivity index (χ1n) is 10.5. The predicted molar refractivity (Wildman–Crippen MR) is 126 cm³/mol. The van der Waals surface area contributed by atoms with E-state index in [0.29, 0.717) is 28.9 Å². The number of nitrogens with one attached hydrogen (secondary N) is 1. The zero-order chi connectivity index (χ0) is 22.7. The summed E-state index contributed by atoms with van der Waals surface area (Å²) < 4.78 is 0. The number of aromatic amines is 1. The maximum Gasteiger partial charge on any atom is 0.337 e. The number of carbonyl (C=O) groups is 1. The third-order valence-corrected chi connectivity index (χ3v) is 5.92. The van der Waals surface area contributed by atoms with Gasteiger partial charge in [-0.2, -0.15) is 5.26 Å². The number of para-hydroxylation sites is 1. The Hall–Kier alpha value is -3.62. The molecule has 4 aromatic rings. The van der Waals surface area contributed by atoms with Crippen LogP contribution in [0.15, 0.2) is 60.7 Å². The van der Waals surface area contributed by atoms with Crippen LogP contribution in [-0.2, 0) is 6.42 Å². The average molecular weight is 444 g/mol. The number of imidazole rings is 1. The first-order chi connectivity index (χ1) is 15.6. The van der Waals surface area contributed by atoms with E-state index in [-0.39, 0.29) is 11.5 Å². The van der Waals surface area contributed by atoms with Gasteiger partial charge in [0.2, 0.25) is 0 Å². The van der Waals surface area contributed by atoms with E-state index in [1.165, 1.54) is 0 Å². The lowest BCUT2D eigenvalue weighted by molar-refractivity contribution is 0.0699. The number of aromatic nitrogens is 2. The van der Waals surface area contributed by atoms with Crippen molar-refractivity contribution in [3.05, 3.63) is 88.7 Å². The Bertz CT molecular complexity index is 1340. The third-order valence-electron chi connectivity index (χ3n) is 5.73. The first kappa shape index (κ1) is 21.6. The summed E-state index contributed by atoms with van der Waals surface area (Å²) in [5.74, 6) is 0.178. The number of H-pyrrole nitrogens is 1. The zero-order valence-corrected chi connectivity index (χ0v) is 18.4. The second kappa shape index (κ2) is 9.25. The van der Waals surface area contributed by atoms with E-state index in [2.05, 4.69) is 35.1 Å². The maximum absolute atomic E-state index is 11.6. The number of carboxylic acid groups (broad SMARTS) is 1. The molecule has 0 aliphatic rings. The summed E-state index contributed by atoms with van der Waals surface area (Å²) in [5.41, 5.74) is 6.02. The molecule has 1 aromatic heterocycles. The summed E-state index contributed by atoms with van der Waals surface area (Å²) in [7, 11) is 0. The van der Waals surface area contributed by atoms with Gasteiger partial charge in [-0.15, -0.1) is 11.6 Å². The molecule has 6 heteroatoms. The molecule has 0 saturated carbocycles. The zero-order valence-electron chi connectivity index (χ0n) is 17.6. The number of aryl methyl sites for hydroxylation is 1. The number of aromatic carboxylic acids is 1. The quantitative estimate of drug-likeness (QED) is 0.336. The van der Waals surface area contributed by atoms with Crippen molar-refractivity contribution in [2.45, 2.75) is 25.7 Å². The van der Waals surface area contributed by atoms with Gasteiger partial charge in [0.15, 0.2) is 0 Å². The first-order valence-corrected chi connectivity index (χ1v) is 11.0. The lowest BCUT2D eigenvalue weighted by Crippen LogP contribution is -2.04. The fourth-order valence-corrected chi connectivity index (χ4v) is 4.40. The molecule has 0 bridgehead atoms. The highest BCUT2D eigenvalue weighted by Gasteiger charge is 2.21. The Kier molecular flexibility index (Phi) is 6.25. The Labute approximate surface area is 191 Å². The number of benzene rings is 3. The fraction of sp³-hybridized carbons (Fsp3) is 0.192. The van der Waals surface area contributed by atoms with Crippen molar-refractivity contribution in [3.63, 3.8) is 0 Å². The van der Waals surface area contributed by atoms with Gasteiger partial charge in [0.25, 0.3) is 0 Å². The van der Waals surface area contributed by atoms with E-state index in [9.17, 15) is 15.2 Å². The molecule has 1 atom stereocenters. The van der Waals surface area contributed by atoms with Crippen molar-refractivity contribution in [2.24, 2.45) is 0 Å². The Morgan fingerprint density at radius 3 is 2.69 bits per heavy atom. The van der Waals surface area contributed by atoms with Crippen molar-refractivity contribution in [2.75, 3.05) is 5.88 Å². The fourth-order valence-electron chi connectivity index (χ4n) is 4.19. The van der Waals surface area contributed by atoms with Crippen LogP contribution in [-0.4, -0.2) is 26.9 Å².